The van der Waals surface area contributed by atoms with Crippen LogP contribution in [0.1, 0.15) is 23.2 Å². The van der Waals surface area contributed by atoms with E-state index in [1.165, 1.54) is 12.5 Å². The zero-order chi connectivity index (χ0) is 19.9. The van der Waals surface area contributed by atoms with Gasteiger partial charge in [0.15, 0.2) is 0 Å². The Balaban J connectivity index is 1.40. The van der Waals surface area contributed by atoms with E-state index in [1.54, 1.807) is 30.0 Å². The molecule has 7 heteroatoms. The predicted octanol–water partition coefficient (Wildman–Crippen LogP) is 2.68. The molecule has 0 saturated carbocycles. The lowest BCUT2D eigenvalue weighted by atomic mass is 9.95. The minimum absolute atomic E-state index is 0.0408. The van der Waals surface area contributed by atoms with Crippen LogP contribution in [0.2, 0.25) is 0 Å². The summed E-state index contributed by atoms with van der Waals surface area (Å²) in [5, 5.41) is 0. The van der Waals surface area contributed by atoms with Crippen molar-refractivity contribution in [3.8, 4) is 11.5 Å². The lowest BCUT2D eigenvalue weighted by molar-refractivity contribution is -0.135. The van der Waals surface area contributed by atoms with Gasteiger partial charge in [-0.25, -0.2) is 0 Å². The van der Waals surface area contributed by atoms with Gasteiger partial charge in [0.2, 0.25) is 5.91 Å². The van der Waals surface area contributed by atoms with E-state index >= 15 is 0 Å². The fourth-order valence-electron chi connectivity index (χ4n) is 3.29. The summed E-state index contributed by atoms with van der Waals surface area (Å²) in [5.41, 5.74) is 0.553. The molecule has 0 aliphatic carbocycles. The van der Waals surface area contributed by atoms with Crippen molar-refractivity contribution in [2.75, 3.05) is 40.4 Å². The molecule has 2 aromatic rings. The van der Waals surface area contributed by atoms with Crippen LogP contribution < -0.4 is 9.47 Å². The van der Waals surface area contributed by atoms with Gasteiger partial charge in [-0.1, -0.05) is 0 Å². The molecule has 0 spiro atoms. The van der Waals surface area contributed by atoms with Crippen molar-refractivity contribution in [1.82, 2.24) is 9.80 Å². The Morgan fingerprint density at radius 3 is 2.43 bits per heavy atom. The molecule has 0 bridgehead atoms. The minimum atomic E-state index is -0.0561. The highest BCUT2D eigenvalue weighted by atomic mass is 16.5. The van der Waals surface area contributed by atoms with Crippen molar-refractivity contribution >= 4 is 11.8 Å². The summed E-state index contributed by atoms with van der Waals surface area (Å²) < 4.78 is 15.8. The number of rotatable bonds is 7. The van der Waals surface area contributed by atoms with Gasteiger partial charge < -0.3 is 23.7 Å². The highest BCUT2D eigenvalue weighted by Crippen LogP contribution is 2.21. The molecule has 7 nitrogen and oxygen atoms in total. The molecule has 150 valence electrons. The summed E-state index contributed by atoms with van der Waals surface area (Å²) in [5.74, 6) is 1.53. The summed E-state index contributed by atoms with van der Waals surface area (Å²) in [4.78, 5) is 28.5. The maximum atomic E-state index is 12.7. The number of hydrogen-bond donors (Lipinski definition) is 0. The number of methoxy groups -OCH3 is 1. The second-order valence-corrected chi connectivity index (χ2v) is 6.86. The Morgan fingerprint density at radius 2 is 1.82 bits per heavy atom. The molecule has 1 aromatic carbocycles. The Hall–Kier alpha value is -2.96. The normalized spacial score (nSPS) is 14.6. The van der Waals surface area contributed by atoms with Crippen molar-refractivity contribution in [3.05, 3.63) is 48.4 Å². The van der Waals surface area contributed by atoms with Crippen LogP contribution in [0.25, 0.3) is 0 Å². The minimum Gasteiger partial charge on any atom is -0.497 e. The summed E-state index contributed by atoms with van der Waals surface area (Å²) >= 11 is 0. The first kappa shape index (κ1) is 19.8. The van der Waals surface area contributed by atoms with Crippen LogP contribution in [0.15, 0.2) is 47.3 Å². The smallest absolute Gasteiger partial charge is 0.257 e. The summed E-state index contributed by atoms with van der Waals surface area (Å²) in [6, 6.07) is 9.02. The fourth-order valence-corrected chi connectivity index (χ4v) is 3.29. The molecular weight excluding hydrogens is 360 g/mol. The summed E-state index contributed by atoms with van der Waals surface area (Å²) in [6.45, 7) is 2.10. The number of piperidine rings is 1. The van der Waals surface area contributed by atoms with Gasteiger partial charge >= 0.3 is 0 Å². The van der Waals surface area contributed by atoms with Gasteiger partial charge in [-0.3, -0.25) is 9.59 Å². The molecule has 0 atom stereocenters. The number of hydrogen-bond acceptors (Lipinski definition) is 5. The molecule has 1 fully saturated rings. The Labute approximate surface area is 164 Å². The molecule has 28 heavy (non-hydrogen) atoms. The van der Waals surface area contributed by atoms with E-state index in [2.05, 4.69) is 0 Å². The molecule has 1 aliphatic heterocycles. The van der Waals surface area contributed by atoms with Crippen molar-refractivity contribution in [1.29, 1.82) is 0 Å². The highest BCUT2D eigenvalue weighted by Gasteiger charge is 2.29. The van der Waals surface area contributed by atoms with Gasteiger partial charge in [-0.05, 0) is 43.2 Å². The third-order valence-corrected chi connectivity index (χ3v) is 5.03. The predicted molar refractivity (Wildman–Crippen MR) is 103 cm³/mol. The molecule has 2 amide bonds. The first-order chi connectivity index (χ1) is 13.6. The molecule has 0 radical (unpaired) electrons. The van der Waals surface area contributed by atoms with E-state index in [1.807, 2.05) is 24.3 Å². The van der Waals surface area contributed by atoms with Crippen LogP contribution in [0, 0.1) is 5.92 Å². The average molecular weight is 386 g/mol. The van der Waals surface area contributed by atoms with Gasteiger partial charge in [-0.2, -0.15) is 0 Å². The first-order valence-corrected chi connectivity index (χ1v) is 9.42. The van der Waals surface area contributed by atoms with E-state index in [4.69, 9.17) is 13.9 Å². The number of likely N-dealkylation sites (N-methyl/N-ethyl adjacent to an activating group) is 1. The SMILES string of the molecule is COc1ccc(OCCN(C)C(=O)C2CCN(C(=O)c3ccoc3)CC2)cc1. The highest BCUT2D eigenvalue weighted by molar-refractivity contribution is 5.94. The number of ether oxygens (including phenoxy) is 2. The first-order valence-electron chi connectivity index (χ1n) is 9.42. The van der Waals surface area contributed by atoms with Crippen molar-refractivity contribution in [2.45, 2.75) is 12.8 Å². The molecule has 0 N–H and O–H groups in total. The Morgan fingerprint density at radius 1 is 1.14 bits per heavy atom. The number of furan rings is 1. The third kappa shape index (κ3) is 4.85. The number of likely N-dealkylation sites (tertiary alicyclic amines) is 1. The van der Waals surface area contributed by atoms with Crippen LogP contribution in [0.4, 0.5) is 0 Å². The molecule has 3 rings (SSSR count). The number of amides is 2. The Bertz CT molecular complexity index is 765. The van der Waals surface area contributed by atoms with Crippen LogP contribution in [-0.4, -0.2) is 62.0 Å². The second-order valence-electron chi connectivity index (χ2n) is 6.86. The van der Waals surface area contributed by atoms with Crippen LogP contribution in [-0.2, 0) is 4.79 Å². The van der Waals surface area contributed by atoms with Crippen molar-refractivity contribution in [3.63, 3.8) is 0 Å². The number of carbonyl (C=O) groups is 2. The van der Waals surface area contributed by atoms with Gasteiger partial charge in [0.1, 0.15) is 24.4 Å². The lowest BCUT2D eigenvalue weighted by Gasteiger charge is -2.33. The zero-order valence-electron chi connectivity index (χ0n) is 16.3. The van der Waals surface area contributed by atoms with Gasteiger partial charge in [-0.15, -0.1) is 0 Å². The van der Waals surface area contributed by atoms with Crippen LogP contribution >= 0.6 is 0 Å². The Kier molecular flexibility index (Phi) is 6.57. The van der Waals surface area contributed by atoms with E-state index in [0.717, 1.165) is 11.5 Å². The largest absolute Gasteiger partial charge is 0.497 e. The quantitative estimate of drug-likeness (QED) is 0.732. The monoisotopic (exact) mass is 386 g/mol. The van der Waals surface area contributed by atoms with E-state index in [9.17, 15) is 9.59 Å². The van der Waals surface area contributed by atoms with Crippen molar-refractivity contribution < 1.29 is 23.5 Å². The topological polar surface area (TPSA) is 72.2 Å². The molecule has 2 heterocycles. The van der Waals surface area contributed by atoms with Gasteiger partial charge in [0.05, 0.1) is 25.5 Å². The maximum absolute atomic E-state index is 12.7. The lowest BCUT2D eigenvalue weighted by Crippen LogP contribution is -2.44. The van der Waals surface area contributed by atoms with E-state index in [-0.39, 0.29) is 17.7 Å². The van der Waals surface area contributed by atoms with Crippen LogP contribution in [0.3, 0.4) is 0 Å². The fraction of sp³-hybridized carbons (Fsp3) is 0.429. The number of carbonyl (C=O) groups excluding carboxylic acids is 2. The molecular formula is C21H26N2O5. The van der Waals surface area contributed by atoms with Gasteiger partial charge in [0, 0.05) is 26.1 Å². The second kappa shape index (κ2) is 9.30. The molecule has 1 aliphatic rings. The standard InChI is InChI=1S/C21H26N2O5/c1-22(12-14-28-19-5-3-18(26-2)4-6-19)20(24)16-7-10-23(11-8-16)21(25)17-9-13-27-15-17/h3-6,9,13,15-16H,7-8,10-12,14H2,1-2H3. The molecule has 1 saturated heterocycles. The van der Waals surface area contributed by atoms with Gasteiger partial charge in [0.25, 0.3) is 5.91 Å². The maximum Gasteiger partial charge on any atom is 0.257 e. The third-order valence-electron chi connectivity index (χ3n) is 5.03. The van der Waals surface area contributed by atoms with Crippen molar-refractivity contribution in [2.24, 2.45) is 5.92 Å². The van der Waals surface area contributed by atoms with Crippen LogP contribution in [0.5, 0.6) is 11.5 Å². The summed E-state index contributed by atoms with van der Waals surface area (Å²) in [6.07, 6.45) is 4.29. The molecule has 0 unspecified atom stereocenters. The van der Waals surface area contributed by atoms with E-state index in [0.29, 0.717) is 44.6 Å². The summed E-state index contributed by atoms with van der Waals surface area (Å²) in [7, 11) is 3.41. The van der Waals surface area contributed by atoms with E-state index < -0.39 is 0 Å². The zero-order valence-corrected chi connectivity index (χ0v) is 16.3. The molecule has 1 aromatic heterocycles. The number of nitrogens with zero attached hydrogens (tertiary/aromatic N) is 2. The average Bonchev–Trinajstić information content (AvgIpc) is 3.28. The number of benzene rings is 1.